The third kappa shape index (κ3) is 4.08. The minimum atomic E-state index is -4.61. The standard InChI is InChI=1S/C17H10Cl2F3N3/c18-12-5-4-10(8-13(12)19)7-11-9-24-16(14-3-1-2-6-23-14)25-15(11)17(20,21)22/h1-6,8-9H,7H2. The highest BCUT2D eigenvalue weighted by molar-refractivity contribution is 6.42. The molecule has 0 aliphatic heterocycles. The second-order valence-corrected chi connectivity index (χ2v) is 6.02. The predicted molar refractivity (Wildman–Crippen MR) is 89.5 cm³/mol. The Morgan fingerprint density at radius 1 is 0.960 bits per heavy atom. The molecular weight excluding hydrogens is 374 g/mol. The summed E-state index contributed by atoms with van der Waals surface area (Å²) in [7, 11) is 0. The first-order chi connectivity index (χ1) is 11.8. The summed E-state index contributed by atoms with van der Waals surface area (Å²) in [5.74, 6) is -0.0780. The number of rotatable bonds is 3. The monoisotopic (exact) mass is 383 g/mol. The maximum atomic E-state index is 13.4. The van der Waals surface area contributed by atoms with E-state index in [9.17, 15) is 13.2 Å². The highest BCUT2D eigenvalue weighted by Gasteiger charge is 2.36. The zero-order valence-electron chi connectivity index (χ0n) is 12.6. The molecule has 0 bridgehead atoms. The van der Waals surface area contributed by atoms with Gasteiger partial charge in [-0.3, -0.25) is 4.98 Å². The fourth-order valence-corrected chi connectivity index (χ4v) is 2.59. The van der Waals surface area contributed by atoms with Gasteiger partial charge in [0.2, 0.25) is 0 Å². The van der Waals surface area contributed by atoms with Crippen molar-refractivity contribution in [2.24, 2.45) is 0 Å². The Morgan fingerprint density at radius 2 is 1.76 bits per heavy atom. The van der Waals surface area contributed by atoms with E-state index in [-0.39, 0.29) is 28.5 Å². The van der Waals surface area contributed by atoms with E-state index in [1.165, 1.54) is 24.5 Å². The fourth-order valence-electron chi connectivity index (χ4n) is 2.27. The average molecular weight is 384 g/mol. The van der Waals surface area contributed by atoms with Crippen LogP contribution in [-0.4, -0.2) is 15.0 Å². The topological polar surface area (TPSA) is 38.7 Å². The first-order valence-corrected chi connectivity index (χ1v) is 7.88. The third-order valence-electron chi connectivity index (χ3n) is 3.41. The molecule has 0 radical (unpaired) electrons. The molecule has 8 heteroatoms. The second kappa shape index (κ2) is 6.98. The van der Waals surface area contributed by atoms with Crippen LogP contribution in [0.3, 0.4) is 0 Å². The van der Waals surface area contributed by atoms with Gasteiger partial charge in [0.1, 0.15) is 5.69 Å². The lowest BCUT2D eigenvalue weighted by molar-refractivity contribution is -0.141. The van der Waals surface area contributed by atoms with E-state index in [0.29, 0.717) is 10.6 Å². The molecular formula is C17H10Cl2F3N3. The van der Waals surface area contributed by atoms with E-state index in [4.69, 9.17) is 23.2 Å². The van der Waals surface area contributed by atoms with Crippen LogP contribution in [0, 0.1) is 0 Å². The van der Waals surface area contributed by atoms with E-state index < -0.39 is 11.9 Å². The lowest BCUT2D eigenvalue weighted by atomic mass is 10.0. The zero-order valence-corrected chi connectivity index (χ0v) is 14.1. The summed E-state index contributed by atoms with van der Waals surface area (Å²) in [4.78, 5) is 11.7. The van der Waals surface area contributed by atoms with Crippen molar-refractivity contribution in [3.05, 3.63) is 75.7 Å². The SMILES string of the molecule is FC(F)(F)c1nc(-c2ccccn2)ncc1Cc1ccc(Cl)c(Cl)c1. The molecule has 0 fully saturated rings. The predicted octanol–water partition coefficient (Wildman–Crippen LogP) is 5.46. The van der Waals surface area contributed by atoms with E-state index in [1.807, 2.05) is 0 Å². The van der Waals surface area contributed by atoms with Gasteiger partial charge in [-0.1, -0.05) is 35.3 Å². The average Bonchev–Trinajstić information content (AvgIpc) is 2.58. The molecule has 2 heterocycles. The fraction of sp³-hybridized carbons (Fsp3) is 0.118. The van der Waals surface area contributed by atoms with E-state index in [1.54, 1.807) is 24.3 Å². The maximum Gasteiger partial charge on any atom is 0.433 e. The van der Waals surface area contributed by atoms with Crippen LogP contribution in [0.2, 0.25) is 10.0 Å². The number of pyridine rings is 1. The van der Waals surface area contributed by atoms with Crippen LogP contribution in [0.5, 0.6) is 0 Å². The van der Waals surface area contributed by atoms with Crippen LogP contribution in [0.25, 0.3) is 11.5 Å². The summed E-state index contributed by atoms with van der Waals surface area (Å²) in [5, 5.41) is 0.613. The van der Waals surface area contributed by atoms with E-state index >= 15 is 0 Å². The number of alkyl halides is 3. The largest absolute Gasteiger partial charge is 0.433 e. The molecule has 0 N–H and O–H groups in total. The molecule has 0 saturated carbocycles. The van der Waals surface area contributed by atoms with Gasteiger partial charge in [-0.15, -0.1) is 0 Å². The molecule has 3 rings (SSSR count). The van der Waals surface area contributed by atoms with Gasteiger partial charge in [0.15, 0.2) is 11.5 Å². The maximum absolute atomic E-state index is 13.4. The number of hydrogen-bond acceptors (Lipinski definition) is 3. The molecule has 1 aromatic carbocycles. The number of aromatic nitrogens is 3. The Kier molecular flexibility index (Phi) is 4.92. The molecule has 0 amide bonds. The van der Waals surface area contributed by atoms with Gasteiger partial charge in [-0.2, -0.15) is 13.2 Å². The van der Waals surface area contributed by atoms with E-state index in [0.717, 1.165) is 0 Å². The van der Waals surface area contributed by atoms with Crippen molar-refractivity contribution in [2.75, 3.05) is 0 Å². The van der Waals surface area contributed by atoms with Crippen LogP contribution >= 0.6 is 23.2 Å². The summed E-state index contributed by atoms with van der Waals surface area (Å²) in [5.41, 5.74) is -0.192. The summed E-state index contributed by atoms with van der Waals surface area (Å²) in [6, 6.07) is 9.54. The summed E-state index contributed by atoms with van der Waals surface area (Å²) < 4.78 is 40.3. The number of nitrogens with zero attached hydrogens (tertiary/aromatic N) is 3. The van der Waals surface area contributed by atoms with Crippen LogP contribution < -0.4 is 0 Å². The normalized spacial score (nSPS) is 11.6. The van der Waals surface area contributed by atoms with Crippen molar-refractivity contribution >= 4 is 23.2 Å². The molecule has 3 nitrogen and oxygen atoms in total. The molecule has 128 valence electrons. The molecule has 0 unspecified atom stereocenters. The number of benzene rings is 1. The summed E-state index contributed by atoms with van der Waals surface area (Å²) >= 11 is 11.8. The quantitative estimate of drug-likeness (QED) is 0.602. The second-order valence-electron chi connectivity index (χ2n) is 5.21. The summed E-state index contributed by atoms with van der Waals surface area (Å²) in [6.07, 6.45) is -2.00. The Labute approximate surface area is 151 Å². The first kappa shape index (κ1) is 17.6. The van der Waals surface area contributed by atoms with Crippen LogP contribution in [0.1, 0.15) is 16.8 Å². The number of halogens is 5. The lowest BCUT2D eigenvalue weighted by Crippen LogP contribution is -2.14. The Balaban J connectivity index is 2.02. The van der Waals surface area contributed by atoms with Gasteiger partial charge in [-0.25, -0.2) is 9.97 Å². The third-order valence-corrected chi connectivity index (χ3v) is 4.14. The van der Waals surface area contributed by atoms with Crippen LogP contribution in [0.15, 0.2) is 48.8 Å². The van der Waals surface area contributed by atoms with Crippen molar-refractivity contribution in [3.8, 4) is 11.5 Å². The molecule has 2 aromatic heterocycles. The molecule has 0 aliphatic carbocycles. The molecule has 0 aliphatic rings. The van der Waals surface area contributed by atoms with Crippen molar-refractivity contribution in [1.82, 2.24) is 15.0 Å². The van der Waals surface area contributed by atoms with Gasteiger partial charge in [0.25, 0.3) is 0 Å². The zero-order chi connectivity index (χ0) is 18.0. The molecule has 25 heavy (non-hydrogen) atoms. The van der Waals surface area contributed by atoms with E-state index in [2.05, 4.69) is 15.0 Å². The Bertz CT molecular complexity index is 899. The Morgan fingerprint density at radius 3 is 2.40 bits per heavy atom. The molecule has 0 saturated heterocycles. The van der Waals surface area contributed by atoms with Gasteiger partial charge in [-0.05, 0) is 29.8 Å². The van der Waals surface area contributed by atoms with Gasteiger partial charge in [0.05, 0.1) is 10.0 Å². The molecule has 0 atom stereocenters. The summed E-state index contributed by atoms with van der Waals surface area (Å²) in [6.45, 7) is 0. The highest BCUT2D eigenvalue weighted by Crippen LogP contribution is 2.33. The minimum absolute atomic E-state index is 0.0196. The van der Waals surface area contributed by atoms with Gasteiger partial charge in [0, 0.05) is 24.4 Å². The lowest BCUT2D eigenvalue weighted by Gasteiger charge is -2.13. The van der Waals surface area contributed by atoms with Crippen molar-refractivity contribution in [1.29, 1.82) is 0 Å². The van der Waals surface area contributed by atoms with Crippen molar-refractivity contribution < 1.29 is 13.2 Å². The highest BCUT2D eigenvalue weighted by atomic mass is 35.5. The smallest absolute Gasteiger partial charge is 0.253 e. The van der Waals surface area contributed by atoms with Gasteiger partial charge < -0.3 is 0 Å². The van der Waals surface area contributed by atoms with Crippen LogP contribution in [0.4, 0.5) is 13.2 Å². The van der Waals surface area contributed by atoms with Crippen LogP contribution in [-0.2, 0) is 12.6 Å². The first-order valence-electron chi connectivity index (χ1n) is 7.13. The Hall–Kier alpha value is -2.18. The molecule has 3 aromatic rings. The van der Waals surface area contributed by atoms with Gasteiger partial charge >= 0.3 is 6.18 Å². The minimum Gasteiger partial charge on any atom is -0.253 e. The van der Waals surface area contributed by atoms with Crippen molar-refractivity contribution in [3.63, 3.8) is 0 Å². The van der Waals surface area contributed by atoms with Crippen molar-refractivity contribution in [2.45, 2.75) is 12.6 Å². The molecule has 0 spiro atoms. The number of hydrogen-bond donors (Lipinski definition) is 0.